The summed E-state index contributed by atoms with van der Waals surface area (Å²) in [5.74, 6) is -0.365. The first-order chi connectivity index (χ1) is 12.3. The Balaban J connectivity index is 1.81. The molecular weight excluding hydrogens is 360 g/mol. The first-order valence-corrected chi connectivity index (χ1v) is 10.4. The van der Waals surface area contributed by atoms with Crippen molar-refractivity contribution in [3.63, 3.8) is 0 Å². The molecule has 10 heteroatoms. The summed E-state index contributed by atoms with van der Waals surface area (Å²) in [7, 11) is -3.66. The van der Waals surface area contributed by atoms with Crippen LogP contribution in [0.2, 0.25) is 0 Å². The Labute approximate surface area is 152 Å². The Kier molecular flexibility index (Phi) is 5.26. The molecule has 0 radical (unpaired) electrons. The lowest BCUT2D eigenvalue weighted by Crippen LogP contribution is -2.49. The molecule has 2 saturated heterocycles. The minimum Gasteiger partial charge on any atom is -0.337 e. The van der Waals surface area contributed by atoms with Crippen LogP contribution in [0.1, 0.15) is 16.8 Å². The molecule has 2 aliphatic rings. The van der Waals surface area contributed by atoms with Crippen molar-refractivity contribution in [1.29, 1.82) is 0 Å². The summed E-state index contributed by atoms with van der Waals surface area (Å²) in [6.45, 7) is 4.82. The Hall–Kier alpha value is -2.04. The molecule has 2 fully saturated rings. The third kappa shape index (κ3) is 4.02. The van der Waals surface area contributed by atoms with Crippen molar-refractivity contribution < 1.29 is 18.1 Å². The third-order valence-corrected chi connectivity index (χ3v) is 5.99. The fourth-order valence-corrected chi connectivity index (χ4v) is 4.16. The number of nitrogens with one attached hydrogen (secondary N) is 1. The molecule has 1 unspecified atom stereocenters. The van der Waals surface area contributed by atoms with Gasteiger partial charge in [0, 0.05) is 69.3 Å². The highest BCUT2D eigenvalue weighted by molar-refractivity contribution is 7.90. The van der Waals surface area contributed by atoms with E-state index in [2.05, 4.69) is 10.2 Å². The number of nitrogens with zero attached hydrogens (tertiary/aromatic N) is 3. The van der Waals surface area contributed by atoms with E-state index in [1.54, 1.807) is 4.90 Å². The zero-order valence-corrected chi connectivity index (χ0v) is 15.4. The van der Waals surface area contributed by atoms with Crippen molar-refractivity contribution in [3.05, 3.63) is 33.9 Å². The van der Waals surface area contributed by atoms with Crippen molar-refractivity contribution in [2.24, 2.45) is 0 Å². The van der Waals surface area contributed by atoms with Gasteiger partial charge >= 0.3 is 0 Å². The molecule has 0 aliphatic carbocycles. The average molecular weight is 382 g/mol. The van der Waals surface area contributed by atoms with Crippen molar-refractivity contribution in [1.82, 2.24) is 15.1 Å². The molecular formula is C16H22N4O5S. The zero-order chi connectivity index (χ0) is 18.9. The van der Waals surface area contributed by atoms with Gasteiger partial charge in [0.2, 0.25) is 0 Å². The van der Waals surface area contributed by atoms with Crippen LogP contribution < -0.4 is 5.32 Å². The summed E-state index contributed by atoms with van der Waals surface area (Å²) in [6.07, 6.45) is 1.82. The van der Waals surface area contributed by atoms with E-state index < -0.39 is 20.4 Å². The lowest BCUT2D eigenvalue weighted by Gasteiger charge is -2.32. The Bertz CT molecular complexity index is 820. The summed E-state index contributed by atoms with van der Waals surface area (Å²) >= 11 is 0. The SMILES string of the molecule is CS(=O)(=O)c1cc(C(=O)N2CCC(N3CCNCC3)C2)cc([N+](=O)[O-])c1. The number of benzene rings is 1. The maximum absolute atomic E-state index is 12.8. The average Bonchev–Trinajstić information content (AvgIpc) is 3.10. The number of nitro groups is 1. The molecule has 1 aromatic rings. The van der Waals surface area contributed by atoms with Crippen LogP contribution >= 0.6 is 0 Å². The topological polar surface area (TPSA) is 113 Å². The van der Waals surface area contributed by atoms with Crippen LogP contribution in [0.3, 0.4) is 0 Å². The molecule has 142 valence electrons. The highest BCUT2D eigenvalue weighted by Crippen LogP contribution is 2.24. The van der Waals surface area contributed by atoms with Crippen LogP contribution in [0.5, 0.6) is 0 Å². The molecule has 1 aromatic carbocycles. The zero-order valence-electron chi connectivity index (χ0n) is 14.6. The highest BCUT2D eigenvalue weighted by atomic mass is 32.2. The largest absolute Gasteiger partial charge is 0.337 e. The van der Waals surface area contributed by atoms with Gasteiger partial charge in [-0.2, -0.15) is 0 Å². The third-order valence-electron chi connectivity index (χ3n) is 4.90. The number of amides is 1. The maximum atomic E-state index is 12.8. The molecule has 9 nitrogen and oxygen atoms in total. The predicted molar refractivity (Wildman–Crippen MR) is 95.0 cm³/mol. The number of carbonyl (C=O) groups excluding carboxylic acids is 1. The van der Waals surface area contributed by atoms with Gasteiger partial charge in [-0.1, -0.05) is 0 Å². The van der Waals surface area contributed by atoms with Crippen molar-refractivity contribution >= 4 is 21.4 Å². The van der Waals surface area contributed by atoms with Gasteiger partial charge in [-0.3, -0.25) is 19.8 Å². The molecule has 0 saturated carbocycles. The van der Waals surface area contributed by atoms with Gasteiger partial charge in [0.25, 0.3) is 11.6 Å². The summed E-state index contributed by atoms with van der Waals surface area (Å²) in [5, 5.41) is 14.4. The second kappa shape index (κ2) is 7.29. The lowest BCUT2D eigenvalue weighted by molar-refractivity contribution is -0.385. The predicted octanol–water partition coefficient (Wildman–Crippen LogP) is 0.118. The molecule has 26 heavy (non-hydrogen) atoms. The van der Waals surface area contributed by atoms with Crippen LogP contribution in [0.4, 0.5) is 5.69 Å². The molecule has 2 aliphatic heterocycles. The minimum absolute atomic E-state index is 0.0422. The quantitative estimate of drug-likeness (QED) is 0.581. The van der Waals surface area contributed by atoms with Gasteiger partial charge < -0.3 is 10.2 Å². The summed E-state index contributed by atoms with van der Waals surface area (Å²) in [6, 6.07) is 3.63. The van der Waals surface area contributed by atoms with E-state index in [1.807, 2.05) is 0 Å². The second-order valence-corrected chi connectivity index (χ2v) is 8.74. The first-order valence-electron chi connectivity index (χ1n) is 8.49. The normalized spacial score (nSPS) is 21.7. The molecule has 1 atom stereocenters. The number of piperazine rings is 1. The summed E-state index contributed by atoms with van der Waals surface area (Å²) in [5.41, 5.74) is -0.352. The van der Waals surface area contributed by atoms with Crippen LogP contribution in [-0.4, -0.2) is 80.6 Å². The molecule has 0 aromatic heterocycles. The number of hydrogen-bond acceptors (Lipinski definition) is 7. The van der Waals surface area contributed by atoms with Crippen LogP contribution in [0.25, 0.3) is 0 Å². The van der Waals surface area contributed by atoms with Crippen molar-refractivity contribution in [2.45, 2.75) is 17.4 Å². The van der Waals surface area contributed by atoms with E-state index in [1.165, 1.54) is 6.07 Å². The second-order valence-electron chi connectivity index (χ2n) is 6.72. The number of hydrogen-bond donors (Lipinski definition) is 1. The molecule has 1 N–H and O–H groups in total. The molecule has 3 rings (SSSR count). The standard InChI is InChI=1S/C16H22N4O5S/c1-26(24,25)15-9-12(8-14(10-15)20(22)23)16(21)19-5-2-13(11-19)18-6-3-17-4-7-18/h8-10,13,17H,2-7,11H2,1H3. The van der Waals surface area contributed by atoms with Gasteiger partial charge in [0.15, 0.2) is 9.84 Å². The Morgan fingerprint density at radius 2 is 1.92 bits per heavy atom. The fraction of sp³-hybridized carbons (Fsp3) is 0.562. The highest BCUT2D eigenvalue weighted by Gasteiger charge is 2.32. The number of carbonyl (C=O) groups is 1. The molecule has 0 bridgehead atoms. The van der Waals surface area contributed by atoms with Gasteiger partial charge in [0.1, 0.15) is 0 Å². The Morgan fingerprint density at radius 3 is 2.54 bits per heavy atom. The number of nitro benzene ring substituents is 1. The van der Waals surface area contributed by atoms with Crippen LogP contribution in [0, 0.1) is 10.1 Å². The van der Waals surface area contributed by atoms with Gasteiger partial charge in [-0.25, -0.2) is 8.42 Å². The lowest BCUT2D eigenvalue weighted by atomic mass is 10.1. The molecule has 0 spiro atoms. The number of non-ortho nitro benzene ring substituents is 1. The van der Waals surface area contributed by atoms with E-state index in [-0.39, 0.29) is 22.4 Å². The number of likely N-dealkylation sites (tertiary alicyclic amines) is 1. The Morgan fingerprint density at radius 1 is 1.23 bits per heavy atom. The minimum atomic E-state index is -3.66. The van der Waals surface area contributed by atoms with E-state index >= 15 is 0 Å². The summed E-state index contributed by atoms with van der Waals surface area (Å²) in [4.78, 5) is 27.0. The van der Waals surface area contributed by atoms with Gasteiger partial charge in [-0.15, -0.1) is 0 Å². The molecule has 1 amide bonds. The monoisotopic (exact) mass is 382 g/mol. The number of rotatable bonds is 4. The van der Waals surface area contributed by atoms with E-state index in [0.29, 0.717) is 13.1 Å². The van der Waals surface area contributed by atoms with Gasteiger partial charge in [0.05, 0.1) is 9.82 Å². The first kappa shape index (κ1) is 18.7. The van der Waals surface area contributed by atoms with E-state index in [0.717, 1.165) is 51.0 Å². The van der Waals surface area contributed by atoms with E-state index in [9.17, 15) is 23.3 Å². The smallest absolute Gasteiger partial charge is 0.271 e. The van der Waals surface area contributed by atoms with Crippen molar-refractivity contribution in [3.8, 4) is 0 Å². The number of sulfone groups is 1. The van der Waals surface area contributed by atoms with Crippen LogP contribution in [0.15, 0.2) is 23.1 Å². The molecule has 2 heterocycles. The van der Waals surface area contributed by atoms with E-state index in [4.69, 9.17) is 0 Å². The summed E-state index contributed by atoms with van der Waals surface area (Å²) < 4.78 is 23.6. The van der Waals surface area contributed by atoms with Crippen LogP contribution in [-0.2, 0) is 9.84 Å². The van der Waals surface area contributed by atoms with Crippen molar-refractivity contribution in [2.75, 3.05) is 45.5 Å². The fourth-order valence-electron chi connectivity index (χ4n) is 3.48. The maximum Gasteiger partial charge on any atom is 0.271 e. The van der Waals surface area contributed by atoms with Gasteiger partial charge in [-0.05, 0) is 12.5 Å².